The van der Waals surface area contributed by atoms with Gasteiger partial charge in [-0.15, -0.1) is 11.3 Å². The van der Waals surface area contributed by atoms with Crippen LogP contribution in [0.4, 0.5) is 0 Å². The van der Waals surface area contributed by atoms with Crippen molar-refractivity contribution in [1.29, 1.82) is 0 Å². The highest BCUT2D eigenvalue weighted by Crippen LogP contribution is 2.25. The molecule has 162 valence electrons. The smallest absolute Gasteiger partial charge is 0.280 e. The van der Waals surface area contributed by atoms with Crippen LogP contribution in [-0.2, 0) is 0 Å². The van der Waals surface area contributed by atoms with Gasteiger partial charge in [-0.3, -0.25) is 9.59 Å². The molecule has 33 heavy (non-hydrogen) atoms. The number of rotatable bonds is 6. The van der Waals surface area contributed by atoms with Gasteiger partial charge in [-0.25, -0.2) is 9.97 Å². The fraction of sp³-hybridized carbons (Fsp3) is 0.0769. The van der Waals surface area contributed by atoms with Gasteiger partial charge < -0.3 is 10.6 Å². The summed E-state index contributed by atoms with van der Waals surface area (Å²) in [5.74, 6) is -0.453. The molecule has 6 nitrogen and oxygen atoms in total. The predicted molar refractivity (Wildman–Crippen MR) is 131 cm³/mol. The second-order valence-electron chi connectivity index (χ2n) is 7.44. The van der Waals surface area contributed by atoms with Gasteiger partial charge in [-0.1, -0.05) is 60.7 Å². The molecular weight excluding hydrogens is 432 g/mol. The number of nitrogens with one attached hydrogen (secondary N) is 2. The quantitative estimate of drug-likeness (QED) is 0.367. The van der Waals surface area contributed by atoms with Crippen LogP contribution in [0.1, 0.15) is 20.2 Å². The molecule has 3 aromatic carbocycles. The Kier molecular flexibility index (Phi) is 5.78. The minimum Gasteiger partial charge on any atom is -0.350 e. The highest BCUT2D eigenvalue weighted by Gasteiger charge is 2.15. The molecule has 0 atom stereocenters. The fourth-order valence-corrected chi connectivity index (χ4v) is 4.49. The van der Waals surface area contributed by atoms with Crippen molar-refractivity contribution in [2.75, 3.05) is 13.1 Å². The number of benzene rings is 3. The third kappa shape index (κ3) is 4.44. The van der Waals surface area contributed by atoms with Crippen molar-refractivity contribution in [3.63, 3.8) is 0 Å². The molecule has 5 aromatic rings. The van der Waals surface area contributed by atoms with Crippen LogP contribution in [0.15, 0.2) is 84.9 Å². The van der Waals surface area contributed by atoms with Crippen LogP contribution < -0.4 is 10.6 Å². The molecule has 2 aromatic heterocycles. The zero-order valence-corrected chi connectivity index (χ0v) is 18.4. The standard InChI is InChI=1S/C26H20N4O2S/c31-24(27-14-15-28-25(32)26-30-21-12-6-7-13-23(21)33-26)19-16-22(17-8-2-1-3-9-17)29-20-11-5-4-10-18(19)20/h1-13,16H,14-15H2,(H,27,31)(H,28,32). The van der Waals surface area contributed by atoms with Crippen LogP contribution in [0.2, 0.25) is 0 Å². The van der Waals surface area contributed by atoms with E-state index in [1.165, 1.54) is 11.3 Å². The molecule has 0 aliphatic rings. The lowest BCUT2D eigenvalue weighted by molar-refractivity contribution is 0.0928. The van der Waals surface area contributed by atoms with Crippen LogP contribution in [0.5, 0.6) is 0 Å². The van der Waals surface area contributed by atoms with Crippen LogP contribution in [0.25, 0.3) is 32.4 Å². The summed E-state index contributed by atoms with van der Waals surface area (Å²) in [6, 6.07) is 26.8. The summed E-state index contributed by atoms with van der Waals surface area (Å²) in [6.45, 7) is 0.599. The summed E-state index contributed by atoms with van der Waals surface area (Å²) < 4.78 is 0.967. The third-order valence-corrected chi connectivity index (χ3v) is 6.25. The van der Waals surface area contributed by atoms with E-state index in [1.807, 2.05) is 84.9 Å². The fourth-order valence-electron chi connectivity index (χ4n) is 3.61. The molecular formula is C26H20N4O2S. The number of carbonyl (C=O) groups excluding carboxylic acids is 2. The van der Waals surface area contributed by atoms with E-state index in [2.05, 4.69) is 15.6 Å². The number of hydrogen-bond donors (Lipinski definition) is 2. The van der Waals surface area contributed by atoms with E-state index in [-0.39, 0.29) is 11.8 Å². The van der Waals surface area contributed by atoms with Crippen molar-refractivity contribution in [3.05, 3.63) is 95.5 Å². The number of carbonyl (C=O) groups is 2. The summed E-state index contributed by atoms with van der Waals surface area (Å²) in [4.78, 5) is 34.5. The molecule has 0 saturated heterocycles. The average molecular weight is 453 g/mol. The zero-order valence-electron chi connectivity index (χ0n) is 17.6. The highest BCUT2D eigenvalue weighted by molar-refractivity contribution is 7.20. The lowest BCUT2D eigenvalue weighted by Crippen LogP contribution is -2.34. The van der Waals surface area contributed by atoms with Crippen molar-refractivity contribution in [2.24, 2.45) is 0 Å². The maximum absolute atomic E-state index is 13.0. The second-order valence-corrected chi connectivity index (χ2v) is 8.47. The van der Waals surface area contributed by atoms with Crippen molar-refractivity contribution in [2.45, 2.75) is 0 Å². The minimum absolute atomic E-state index is 0.208. The van der Waals surface area contributed by atoms with Gasteiger partial charge in [-0.05, 0) is 24.3 Å². The number of para-hydroxylation sites is 2. The first-order valence-electron chi connectivity index (χ1n) is 10.6. The molecule has 0 bridgehead atoms. The van der Waals surface area contributed by atoms with E-state index in [0.717, 1.165) is 32.4 Å². The number of nitrogens with zero attached hydrogens (tertiary/aromatic N) is 2. The number of amides is 2. The molecule has 0 fully saturated rings. The van der Waals surface area contributed by atoms with Gasteiger partial charge in [0.2, 0.25) is 0 Å². The second kappa shape index (κ2) is 9.18. The van der Waals surface area contributed by atoms with Crippen molar-refractivity contribution in [3.8, 4) is 11.3 Å². The maximum atomic E-state index is 13.0. The van der Waals surface area contributed by atoms with Crippen LogP contribution >= 0.6 is 11.3 Å². The molecule has 2 N–H and O–H groups in total. The molecule has 0 saturated carbocycles. The van der Waals surface area contributed by atoms with E-state index in [0.29, 0.717) is 23.7 Å². The molecule has 0 spiro atoms. The van der Waals surface area contributed by atoms with Crippen molar-refractivity contribution < 1.29 is 9.59 Å². The van der Waals surface area contributed by atoms with Gasteiger partial charge in [0.05, 0.1) is 27.0 Å². The SMILES string of the molecule is O=C(NCCNC(=O)c1cc(-c2ccccc2)nc2ccccc12)c1nc2ccccc2s1. The maximum Gasteiger partial charge on any atom is 0.280 e. The molecule has 2 amide bonds. The van der Waals surface area contributed by atoms with E-state index >= 15 is 0 Å². The van der Waals surface area contributed by atoms with E-state index < -0.39 is 0 Å². The predicted octanol–water partition coefficient (Wildman–Crippen LogP) is 4.67. The summed E-state index contributed by atoms with van der Waals surface area (Å²) in [7, 11) is 0. The van der Waals surface area contributed by atoms with Crippen LogP contribution in [-0.4, -0.2) is 34.9 Å². The first-order chi connectivity index (χ1) is 16.2. The monoisotopic (exact) mass is 452 g/mol. The Hall–Kier alpha value is -4.10. The van der Waals surface area contributed by atoms with Crippen molar-refractivity contribution >= 4 is 44.3 Å². The molecule has 5 rings (SSSR count). The molecule has 7 heteroatoms. The van der Waals surface area contributed by atoms with Crippen molar-refractivity contribution in [1.82, 2.24) is 20.6 Å². The van der Waals surface area contributed by atoms with Gasteiger partial charge in [0.1, 0.15) is 0 Å². The van der Waals surface area contributed by atoms with Gasteiger partial charge in [-0.2, -0.15) is 0 Å². The third-order valence-electron chi connectivity index (χ3n) is 5.21. The van der Waals surface area contributed by atoms with Gasteiger partial charge in [0.15, 0.2) is 5.01 Å². The summed E-state index contributed by atoms with van der Waals surface area (Å²) >= 11 is 1.35. The molecule has 0 aliphatic heterocycles. The Labute approximate surface area is 194 Å². The van der Waals surface area contributed by atoms with Gasteiger partial charge in [0.25, 0.3) is 11.8 Å². The summed E-state index contributed by atoms with van der Waals surface area (Å²) in [5.41, 5.74) is 3.80. The molecule has 0 radical (unpaired) electrons. The molecule has 2 heterocycles. The summed E-state index contributed by atoms with van der Waals surface area (Å²) in [6.07, 6.45) is 0. The van der Waals surface area contributed by atoms with Gasteiger partial charge in [0, 0.05) is 24.0 Å². The topological polar surface area (TPSA) is 84.0 Å². The van der Waals surface area contributed by atoms with E-state index in [4.69, 9.17) is 4.98 Å². The molecule has 0 aliphatic carbocycles. The first kappa shape index (κ1) is 20.8. The number of pyridine rings is 1. The number of fused-ring (bicyclic) bond motifs is 2. The van der Waals surface area contributed by atoms with Crippen LogP contribution in [0, 0.1) is 0 Å². The van der Waals surface area contributed by atoms with Crippen LogP contribution in [0.3, 0.4) is 0 Å². The Morgan fingerprint density at radius 3 is 2.18 bits per heavy atom. The number of thiazole rings is 1. The number of hydrogen-bond acceptors (Lipinski definition) is 5. The normalized spacial score (nSPS) is 10.9. The first-order valence-corrected chi connectivity index (χ1v) is 11.4. The highest BCUT2D eigenvalue weighted by atomic mass is 32.1. The summed E-state index contributed by atoms with van der Waals surface area (Å²) in [5, 5.41) is 6.93. The van der Waals surface area contributed by atoms with Gasteiger partial charge >= 0.3 is 0 Å². The van der Waals surface area contributed by atoms with E-state index in [9.17, 15) is 9.59 Å². The minimum atomic E-state index is -0.244. The lowest BCUT2D eigenvalue weighted by atomic mass is 10.0. The Morgan fingerprint density at radius 2 is 1.39 bits per heavy atom. The largest absolute Gasteiger partial charge is 0.350 e. The number of aromatic nitrogens is 2. The lowest BCUT2D eigenvalue weighted by Gasteiger charge is -2.11. The molecule has 0 unspecified atom stereocenters. The average Bonchev–Trinajstić information content (AvgIpc) is 3.31. The Balaban J connectivity index is 1.27. The Morgan fingerprint density at radius 1 is 0.727 bits per heavy atom. The Bertz CT molecular complexity index is 1430. The van der Waals surface area contributed by atoms with E-state index in [1.54, 1.807) is 0 Å². The zero-order chi connectivity index (χ0) is 22.6.